The molecular weight excluding hydrogens is 316 g/mol. The van der Waals surface area contributed by atoms with Gasteiger partial charge < -0.3 is 19.7 Å². The molecule has 0 heterocycles. The molecule has 0 saturated heterocycles. The number of carboxylic acids is 1. The molecule has 0 spiro atoms. The summed E-state index contributed by atoms with van der Waals surface area (Å²) in [6.45, 7) is 4.19. The Balaban J connectivity index is 2.45. The lowest BCUT2D eigenvalue weighted by Crippen LogP contribution is -2.30. The van der Waals surface area contributed by atoms with E-state index in [2.05, 4.69) is 0 Å². The van der Waals surface area contributed by atoms with Crippen LogP contribution in [0.15, 0.2) is 35.9 Å². The number of aliphatic carboxylic acids is 1. The monoisotopic (exact) mass is 336 g/mol. The molecule has 7 nitrogen and oxygen atoms in total. The van der Waals surface area contributed by atoms with Gasteiger partial charge in [-0.1, -0.05) is 0 Å². The summed E-state index contributed by atoms with van der Waals surface area (Å²) >= 11 is 0. The molecule has 0 radical (unpaired) electrons. The van der Waals surface area contributed by atoms with Crippen LogP contribution in [-0.4, -0.2) is 46.7 Å². The van der Waals surface area contributed by atoms with E-state index >= 15 is 0 Å². The Bertz CT molecular complexity index is 636. The molecule has 0 atom stereocenters. The third-order valence-electron chi connectivity index (χ3n) is 2.92. The molecule has 0 aliphatic carbocycles. The van der Waals surface area contributed by atoms with Crippen molar-refractivity contribution in [2.24, 2.45) is 0 Å². The minimum absolute atomic E-state index is 0.0167. The average molecular weight is 336 g/mol. The van der Waals surface area contributed by atoms with E-state index in [4.69, 9.17) is 14.6 Å². The summed E-state index contributed by atoms with van der Waals surface area (Å²) in [6, 6.07) is 6.19. The summed E-state index contributed by atoms with van der Waals surface area (Å²) in [5.74, 6) is -1.88. The van der Waals surface area contributed by atoms with E-state index < -0.39 is 23.3 Å². The molecular formula is C17H20O7. The van der Waals surface area contributed by atoms with Gasteiger partial charge in [-0.2, -0.15) is 0 Å². The highest BCUT2D eigenvalue weighted by Crippen LogP contribution is 2.17. The number of hydrogen-bond donors (Lipinski definition) is 2. The Labute approximate surface area is 139 Å². The van der Waals surface area contributed by atoms with Crippen LogP contribution in [0.2, 0.25) is 0 Å². The molecule has 1 aromatic carbocycles. The van der Waals surface area contributed by atoms with E-state index in [-0.39, 0.29) is 18.8 Å². The molecule has 24 heavy (non-hydrogen) atoms. The van der Waals surface area contributed by atoms with Crippen molar-refractivity contribution in [2.75, 3.05) is 13.2 Å². The minimum atomic E-state index is -1.45. The summed E-state index contributed by atoms with van der Waals surface area (Å²) in [5.41, 5.74) is -1.11. The van der Waals surface area contributed by atoms with Crippen LogP contribution in [0.1, 0.15) is 31.1 Å². The van der Waals surface area contributed by atoms with E-state index in [1.54, 1.807) is 12.1 Å². The van der Waals surface area contributed by atoms with Crippen molar-refractivity contribution in [1.82, 2.24) is 0 Å². The number of ketones is 1. The van der Waals surface area contributed by atoms with Crippen molar-refractivity contribution >= 4 is 17.7 Å². The van der Waals surface area contributed by atoms with Crippen LogP contribution in [0.3, 0.4) is 0 Å². The minimum Gasteiger partial charge on any atom is -0.490 e. The van der Waals surface area contributed by atoms with Gasteiger partial charge in [0.05, 0.1) is 0 Å². The quantitative estimate of drug-likeness (QED) is 0.321. The molecule has 130 valence electrons. The van der Waals surface area contributed by atoms with E-state index in [0.29, 0.717) is 11.3 Å². The predicted octanol–water partition coefficient (Wildman–Crippen LogP) is 1.59. The van der Waals surface area contributed by atoms with Gasteiger partial charge in [0.15, 0.2) is 5.78 Å². The molecule has 0 aliphatic heterocycles. The Kier molecular flexibility index (Phi) is 6.67. The van der Waals surface area contributed by atoms with Crippen LogP contribution in [0.25, 0.3) is 0 Å². The number of hydrogen-bond acceptors (Lipinski definition) is 6. The maximum absolute atomic E-state index is 11.9. The van der Waals surface area contributed by atoms with Gasteiger partial charge in [0.25, 0.3) is 0 Å². The second-order valence-electron chi connectivity index (χ2n) is 5.56. The number of Topliss-reactive ketones (excluding diaryl/α,β-unsaturated/α-hetero) is 1. The smallest absolute Gasteiger partial charge is 0.334 e. The van der Waals surface area contributed by atoms with Crippen molar-refractivity contribution in [3.63, 3.8) is 0 Å². The number of benzene rings is 1. The first-order chi connectivity index (χ1) is 11.1. The van der Waals surface area contributed by atoms with E-state index in [1.807, 2.05) is 0 Å². The molecule has 2 N–H and O–H groups in total. The number of carbonyl (C=O) groups is 3. The second-order valence-corrected chi connectivity index (χ2v) is 5.56. The van der Waals surface area contributed by atoms with Crippen molar-refractivity contribution in [3.8, 4) is 5.75 Å². The van der Waals surface area contributed by atoms with Gasteiger partial charge >= 0.3 is 11.9 Å². The van der Waals surface area contributed by atoms with Crippen LogP contribution in [-0.2, 0) is 14.3 Å². The summed E-state index contributed by atoms with van der Waals surface area (Å²) in [5, 5.41) is 18.2. The van der Waals surface area contributed by atoms with E-state index in [0.717, 1.165) is 6.08 Å². The fourth-order valence-electron chi connectivity index (χ4n) is 1.71. The van der Waals surface area contributed by atoms with Crippen molar-refractivity contribution in [3.05, 3.63) is 41.5 Å². The van der Waals surface area contributed by atoms with Gasteiger partial charge in [0, 0.05) is 17.2 Å². The standard InChI is InChI=1S/C17H20O7/c1-11(10-14(18)19)16(21)24-9-8-23-13-6-4-12(5-7-13)15(20)17(2,3)22/h4-7,10,22H,8-9H2,1-3H3,(H,18,19)/b11-10+. The zero-order valence-electron chi connectivity index (χ0n) is 13.7. The Morgan fingerprint density at radius 2 is 1.71 bits per heavy atom. The SMILES string of the molecule is C/C(=C\C(=O)O)C(=O)OCCOc1ccc(C(=O)C(C)(C)O)cc1. The molecule has 0 unspecified atom stereocenters. The highest BCUT2D eigenvalue weighted by molar-refractivity contribution is 6.01. The zero-order valence-corrected chi connectivity index (χ0v) is 13.7. The predicted molar refractivity (Wildman–Crippen MR) is 84.9 cm³/mol. The van der Waals surface area contributed by atoms with Crippen LogP contribution >= 0.6 is 0 Å². The first-order valence-corrected chi connectivity index (χ1v) is 7.19. The van der Waals surface area contributed by atoms with Gasteiger partial charge in [0.1, 0.15) is 24.6 Å². The number of ether oxygens (including phenoxy) is 2. The first kappa shape index (κ1) is 19.4. The zero-order chi connectivity index (χ0) is 18.3. The first-order valence-electron chi connectivity index (χ1n) is 7.19. The highest BCUT2D eigenvalue weighted by Gasteiger charge is 2.24. The van der Waals surface area contributed by atoms with Gasteiger partial charge in [0.2, 0.25) is 0 Å². The fraction of sp³-hybridized carbons (Fsp3) is 0.353. The number of carbonyl (C=O) groups excluding carboxylic acids is 2. The maximum Gasteiger partial charge on any atom is 0.334 e. The van der Waals surface area contributed by atoms with Crippen LogP contribution in [0.5, 0.6) is 5.75 Å². The third-order valence-corrected chi connectivity index (χ3v) is 2.92. The van der Waals surface area contributed by atoms with Gasteiger partial charge in [-0.25, -0.2) is 9.59 Å². The average Bonchev–Trinajstić information content (AvgIpc) is 2.49. The number of rotatable bonds is 8. The lowest BCUT2D eigenvalue weighted by atomic mass is 9.97. The lowest BCUT2D eigenvalue weighted by molar-refractivity contribution is -0.140. The lowest BCUT2D eigenvalue weighted by Gasteiger charge is -2.15. The third kappa shape index (κ3) is 6.21. The Morgan fingerprint density at radius 3 is 2.21 bits per heavy atom. The molecule has 0 aliphatic rings. The molecule has 0 fully saturated rings. The molecule has 0 aromatic heterocycles. The van der Waals surface area contributed by atoms with Crippen molar-refractivity contribution < 1.29 is 34.1 Å². The molecule has 1 rings (SSSR count). The maximum atomic E-state index is 11.9. The highest BCUT2D eigenvalue weighted by atomic mass is 16.6. The normalized spacial score (nSPS) is 11.8. The summed E-state index contributed by atoms with van der Waals surface area (Å²) in [7, 11) is 0. The topological polar surface area (TPSA) is 110 Å². The van der Waals surface area contributed by atoms with Gasteiger partial charge in [-0.3, -0.25) is 4.79 Å². The summed E-state index contributed by atoms with van der Waals surface area (Å²) in [4.78, 5) is 33.7. The van der Waals surface area contributed by atoms with Gasteiger partial charge in [-0.15, -0.1) is 0 Å². The van der Waals surface area contributed by atoms with E-state index in [1.165, 1.54) is 32.9 Å². The number of carboxylic acid groups (broad SMARTS) is 1. The van der Waals surface area contributed by atoms with Crippen LogP contribution in [0, 0.1) is 0 Å². The summed E-state index contributed by atoms with van der Waals surface area (Å²) < 4.78 is 10.2. The number of aliphatic hydroxyl groups is 1. The molecule has 0 amide bonds. The van der Waals surface area contributed by atoms with Crippen LogP contribution < -0.4 is 4.74 Å². The molecule has 1 aromatic rings. The Morgan fingerprint density at radius 1 is 1.12 bits per heavy atom. The molecule has 0 bridgehead atoms. The molecule has 0 saturated carbocycles. The largest absolute Gasteiger partial charge is 0.490 e. The Hall–Kier alpha value is -2.67. The molecule has 7 heteroatoms. The van der Waals surface area contributed by atoms with Crippen molar-refractivity contribution in [1.29, 1.82) is 0 Å². The fourth-order valence-corrected chi connectivity index (χ4v) is 1.71. The van der Waals surface area contributed by atoms with Gasteiger partial charge in [-0.05, 0) is 45.0 Å². The second kappa shape index (κ2) is 8.26. The van der Waals surface area contributed by atoms with Crippen LogP contribution in [0.4, 0.5) is 0 Å². The van der Waals surface area contributed by atoms with Crippen molar-refractivity contribution in [2.45, 2.75) is 26.4 Å². The summed E-state index contributed by atoms with van der Waals surface area (Å²) in [6.07, 6.45) is 0.765. The van der Waals surface area contributed by atoms with E-state index in [9.17, 15) is 19.5 Å². The number of esters is 1.